The molecule has 4 aromatic carbocycles. The lowest BCUT2D eigenvalue weighted by Crippen LogP contribution is -2.32. The van der Waals surface area contributed by atoms with Crippen molar-refractivity contribution < 1.29 is 28.9 Å². The minimum absolute atomic E-state index is 0.0323. The number of nitrogens with one attached hydrogen (secondary N) is 1. The highest BCUT2D eigenvalue weighted by Gasteiger charge is 2.31. The maximum absolute atomic E-state index is 13.2. The first-order valence-electron chi connectivity index (χ1n) is 12.3. The van der Waals surface area contributed by atoms with Crippen LogP contribution in [0.4, 0.5) is 10.5 Å². The van der Waals surface area contributed by atoms with E-state index in [9.17, 15) is 14.7 Å². The van der Waals surface area contributed by atoms with Crippen molar-refractivity contribution in [3.63, 3.8) is 0 Å². The van der Waals surface area contributed by atoms with Crippen molar-refractivity contribution >= 4 is 52.9 Å². The minimum Gasteiger partial charge on any atom is -0.507 e. The number of ether oxygens (including phenoxy) is 3. The van der Waals surface area contributed by atoms with Gasteiger partial charge in [-0.25, -0.2) is 4.79 Å². The van der Waals surface area contributed by atoms with E-state index >= 15 is 0 Å². The van der Waals surface area contributed by atoms with Gasteiger partial charge in [-0.3, -0.25) is 10.1 Å². The molecule has 2 N–H and O–H groups in total. The Kier molecular flexibility index (Phi) is 9.99. The summed E-state index contributed by atoms with van der Waals surface area (Å²) in [6.07, 6.45) is -0.134. The highest BCUT2D eigenvalue weighted by Crippen LogP contribution is 2.36. The minimum atomic E-state index is -0.920. The number of rotatable bonds is 11. The molecule has 0 spiro atoms. The van der Waals surface area contributed by atoms with Crippen molar-refractivity contribution in [2.45, 2.75) is 23.5 Å². The number of aromatic hydroxyl groups is 1. The number of carbonyl (C=O) groups is 2. The van der Waals surface area contributed by atoms with E-state index in [1.807, 2.05) is 54.8 Å². The molecule has 0 aliphatic heterocycles. The molecule has 0 bridgehead atoms. The van der Waals surface area contributed by atoms with Gasteiger partial charge in [-0.15, -0.1) is 11.8 Å². The van der Waals surface area contributed by atoms with Gasteiger partial charge in [0, 0.05) is 28.0 Å². The number of anilines is 1. The number of hydrogen-bond donors (Lipinski definition) is 3. The number of para-hydroxylation sites is 1. The Hall–Kier alpha value is -3.82. The molecule has 0 aromatic heterocycles. The number of benzene rings is 4. The Bertz CT molecular complexity index is 1400. The quantitative estimate of drug-likeness (QED) is 0.104. The third-order valence-corrected chi connectivity index (χ3v) is 6.98. The maximum Gasteiger partial charge on any atom is 0.412 e. The van der Waals surface area contributed by atoms with E-state index in [2.05, 4.69) is 17.9 Å². The molecule has 7 nitrogen and oxygen atoms in total. The highest BCUT2D eigenvalue weighted by molar-refractivity contribution is 7.98. The Morgan fingerprint density at radius 1 is 0.923 bits per heavy atom. The Labute approximate surface area is 236 Å². The van der Waals surface area contributed by atoms with E-state index in [-0.39, 0.29) is 24.5 Å². The van der Waals surface area contributed by atoms with Crippen LogP contribution >= 0.6 is 24.4 Å². The molecule has 0 heterocycles. The molecule has 4 rings (SSSR count). The van der Waals surface area contributed by atoms with Crippen molar-refractivity contribution in [2.75, 3.05) is 23.9 Å². The van der Waals surface area contributed by atoms with Crippen LogP contribution in [0, 0.1) is 0 Å². The molecule has 0 aliphatic rings. The molecule has 0 saturated heterocycles. The molecular weight excluding hydrogens is 534 g/mol. The monoisotopic (exact) mass is 563 g/mol. The van der Waals surface area contributed by atoms with Crippen LogP contribution in [-0.2, 0) is 14.3 Å². The number of phenolic OH excluding ortho intramolecular Hbond substituents is 1. The van der Waals surface area contributed by atoms with E-state index in [4.69, 9.17) is 14.2 Å². The molecule has 1 amide bonds. The summed E-state index contributed by atoms with van der Waals surface area (Å²) in [5, 5.41) is 14.6. The zero-order valence-electron chi connectivity index (χ0n) is 21.3. The third-order valence-electron chi connectivity index (χ3n) is 5.97. The van der Waals surface area contributed by atoms with E-state index in [1.54, 1.807) is 54.2 Å². The first kappa shape index (κ1) is 28.2. The lowest BCUT2D eigenvalue weighted by Gasteiger charge is -2.29. The van der Waals surface area contributed by atoms with Crippen LogP contribution in [0.15, 0.2) is 95.9 Å². The van der Waals surface area contributed by atoms with Gasteiger partial charge < -0.3 is 19.3 Å². The zero-order chi connectivity index (χ0) is 27.6. The molecule has 0 unspecified atom stereocenters. The summed E-state index contributed by atoms with van der Waals surface area (Å²) in [4.78, 5) is 26.0. The number of esters is 1. The van der Waals surface area contributed by atoms with E-state index in [1.165, 1.54) is 0 Å². The van der Waals surface area contributed by atoms with Gasteiger partial charge in [0.2, 0.25) is 0 Å². The van der Waals surface area contributed by atoms with Crippen molar-refractivity contribution in [2.24, 2.45) is 0 Å². The van der Waals surface area contributed by atoms with Crippen LogP contribution in [0.25, 0.3) is 10.8 Å². The highest BCUT2D eigenvalue weighted by atomic mass is 32.2. The third kappa shape index (κ3) is 7.61. The van der Waals surface area contributed by atoms with Crippen LogP contribution in [0.3, 0.4) is 0 Å². The number of carbonyl (C=O) groups excluding carboxylic acids is 2. The summed E-state index contributed by atoms with van der Waals surface area (Å²) in [6, 6.07) is 27.1. The molecule has 0 fully saturated rings. The lowest BCUT2D eigenvalue weighted by atomic mass is 9.95. The van der Waals surface area contributed by atoms with E-state index < -0.39 is 24.3 Å². The second-order valence-electron chi connectivity index (χ2n) is 8.54. The summed E-state index contributed by atoms with van der Waals surface area (Å²) in [6.45, 7) is 0.0323. The molecule has 9 heteroatoms. The van der Waals surface area contributed by atoms with E-state index in [0.29, 0.717) is 27.8 Å². The summed E-state index contributed by atoms with van der Waals surface area (Å²) >= 11 is 5.57. The molecule has 0 aliphatic carbocycles. The summed E-state index contributed by atoms with van der Waals surface area (Å²) in [7, 11) is 0. The first-order chi connectivity index (χ1) is 19.0. The number of hydrogen-bond acceptors (Lipinski definition) is 8. The van der Waals surface area contributed by atoms with E-state index in [0.717, 1.165) is 4.90 Å². The van der Waals surface area contributed by atoms with Crippen LogP contribution in [0.5, 0.6) is 11.5 Å². The summed E-state index contributed by atoms with van der Waals surface area (Å²) in [5.41, 5.74) is 1.22. The average molecular weight is 564 g/mol. The lowest BCUT2D eigenvalue weighted by molar-refractivity contribution is -0.141. The largest absolute Gasteiger partial charge is 0.507 e. The van der Waals surface area contributed by atoms with Gasteiger partial charge in [-0.2, -0.15) is 12.6 Å². The van der Waals surface area contributed by atoms with Crippen molar-refractivity contribution in [3.05, 3.63) is 96.6 Å². The van der Waals surface area contributed by atoms with Gasteiger partial charge in [0.15, 0.2) is 6.10 Å². The number of thiol groups is 1. The second-order valence-corrected chi connectivity index (χ2v) is 9.73. The van der Waals surface area contributed by atoms with Gasteiger partial charge in [-0.05, 0) is 54.1 Å². The number of thioether (sulfide) groups is 1. The fourth-order valence-electron chi connectivity index (χ4n) is 4.11. The molecule has 2 atom stereocenters. The summed E-state index contributed by atoms with van der Waals surface area (Å²) < 4.78 is 17.7. The van der Waals surface area contributed by atoms with Gasteiger partial charge >= 0.3 is 12.1 Å². The first-order valence-corrected chi connectivity index (χ1v) is 14.1. The zero-order valence-corrected chi connectivity index (χ0v) is 23.0. The van der Waals surface area contributed by atoms with Crippen molar-refractivity contribution in [3.8, 4) is 11.5 Å². The predicted molar refractivity (Wildman–Crippen MR) is 157 cm³/mol. The molecule has 0 saturated carbocycles. The number of amides is 1. The topological polar surface area (TPSA) is 94.1 Å². The second kappa shape index (κ2) is 13.8. The van der Waals surface area contributed by atoms with Crippen molar-refractivity contribution in [1.29, 1.82) is 0 Å². The van der Waals surface area contributed by atoms with Crippen LogP contribution in [0.2, 0.25) is 0 Å². The van der Waals surface area contributed by atoms with Gasteiger partial charge in [0.25, 0.3) is 0 Å². The Morgan fingerprint density at radius 3 is 2.31 bits per heavy atom. The number of fused-ring (bicyclic) bond motifs is 1. The van der Waals surface area contributed by atoms with Crippen LogP contribution in [0.1, 0.15) is 18.1 Å². The SMILES string of the molecule is CSc1ccc(NC(=O)O[C@H](c2ccc(O)c3ccccc23)[C@@H](CCOC(=O)CS)Oc2ccccc2)cc1. The fourth-order valence-corrected chi connectivity index (χ4v) is 4.61. The van der Waals surface area contributed by atoms with Crippen LogP contribution < -0.4 is 10.1 Å². The fraction of sp³-hybridized carbons (Fsp3) is 0.200. The summed E-state index contributed by atoms with van der Waals surface area (Å²) in [5.74, 6) is 0.156. The predicted octanol–water partition coefficient (Wildman–Crippen LogP) is 6.87. The molecule has 202 valence electrons. The molecule has 39 heavy (non-hydrogen) atoms. The normalized spacial score (nSPS) is 12.4. The van der Waals surface area contributed by atoms with Crippen molar-refractivity contribution in [1.82, 2.24) is 0 Å². The van der Waals surface area contributed by atoms with Crippen LogP contribution in [-0.4, -0.2) is 41.9 Å². The standard InChI is InChI=1S/C30H29NO6S2/c1-39-22-13-11-20(12-14-22)31-30(34)37-29(25-15-16-26(32)24-10-6-5-9-23(24)25)27(17-18-35-28(33)19-38)36-21-7-3-2-4-8-21/h2-16,27,29,32,38H,17-19H2,1H3,(H,31,34)/t27-,29-/m1/s1. The Balaban J connectivity index is 1.70. The van der Waals surface area contributed by atoms with Gasteiger partial charge in [0.1, 0.15) is 17.6 Å². The van der Waals surface area contributed by atoms with Gasteiger partial charge in [0.05, 0.1) is 12.4 Å². The molecule has 0 radical (unpaired) electrons. The Morgan fingerprint density at radius 2 is 1.62 bits per heavy atom. The maximum atomic E-state index is 13.2. The van der Waals surface area contributed by atoms with Gasteiger partial charge in [-0.1, -0.05) is 48.5 Å². The number of phenols is 1. The average Bonchev–Trinajstić information content (AvgIpc) is 2.97. The smallest absolute Gasteiger partial charge is 0.412 e. The molecular formula is C30H29NO6S2. The molecule has 4 aromatic rings.